The van der Waals surface area contributed by atoms with Crippen molar-refractivity contribution < 1.29 is 57.1 Å². The molecule has 0 aliphatic heterocycles. The van der Waals surface area contributed by atoms with E-state index in [4.69, 9.17) is 0 Å². The minimum atomic E-state index is 0. The Morgan fingerprint density at radius 1 is 0.579 bits per heavy atom. The third kappa shape index (κ3) is 7.17. The zero-order valence-corrected chi connectivity index (χ0v) is 27.0. The maximum absolute atomic E-state index is 2.38. The number of aryl methyl sites for hydroxylation is 2. The number of halogens is 2. The average molecular weight is 735 g/mol. The van der Waals surface area contributed by atoms with E-state index in [9.17, 15) is 0 Å². The van der Waals surface area contributed by atoms with E-state index in [1.54, 1.807) is 0 Å². The fraction of sp³-hybridized carbons (Fsp3) is 0.375. The number of imidazole rings is 2. The van der Waals surface area contributed by atoms with Crippen molar-refractivity contribution in [1.29, 1.82) is 0 Å². The van der Waals surface area contributed by atoms with Crippen molar-refractivity contribution in [2.75, 3.05) is 0 Å². The highest BCUT2D eigenvalue weighted by molar-refractivity contribution is 6.03. The highest BCUT2D eigenvalue weighted by Gasteiger charge is 2.15. The average Bonchev–Trinajstić information content (AvgIpc) is 3.57. The van der Waals surface area contributed by atoms with Crippen molar-refractivity contribution in [2.45, 2.75) is 78.3 Å². The summed E-state index contributed by atoms with van der Waals surface area (Å²) < 4.78 is 9.19. The van der Waals surface area contributed by atoms with Crippen LogP contribution in [0.4, 0.5) is 0 Å². The smallest absolute Gasteiger partial charge is 0.248 e. The van der Waals surface area contributed by atoms with Gasteiger partial charge in [0.1, 0.15) is 36.2 Å². The summed E-state index contributed by atoms with van der Waals surface area (Å²) in [4.78, 5) is 0. The Hall–Kier alpha value is -1.94. The molecule has 0 fully saturated rings. The van der Waals surface area contributed by atoms with Gasteiger partial charge in [-0.1, -0.05) is 63.8 Å². The Morgan fingerprint density at radius 2 is 1.05 bits per heavy atom. The fourth-order valence-corrected chi connectivity index (χ4v) is 5.25. The lowest BCUT2D eigenvalue weighted by Crippen LogP contribution is -3.00. The van der Waals surface area contributed by atoms with Gasteiger partial charge >= 0.3 is 0 Å². The van der Waals surface area contributed by atoms with E-state index >= 15 is 0 Å². The van der Waals surface area contributed by atoms with Crippen molar-refractivity contribution in [1.82, 2.24) is 9.13 Å². The van der Waals surface area contributed by atoms with Gasteiger partial charge in [0.15, 0.2) is 0 Å². The molecule has 6 heteroatoms. The summed E-state index contributed by atoms with van der Waals surface area (Å²) in [5.41, 5.74) is 2.46. The molecule has 2 heterocycles. The van der Waals surface area contributed by atoms with E-state index in [2.05, 4.69) is 118 Å². The van der Waals surface area contributed by atoms with E-state index < -0.39 is 0 Å². The van der Waals surface area contributed by atoms with E-state index in [0.717, 1.165) is 13.1 Å². The Morgan fingerprint density at radius 3 is 1.50 bits per heavy atom. The number of benzene rings is 3. The first-order valence-electron chi connectivity index (χ1n) is 13.9. The number of rotatable bonds is 12. The van der Waals surface area contributed by atoms with Crippen LogP contribution in [-0.4, -0.2) is 9.13 Å². The topological polar surface area (TPSA) is 17.6 Å². The van der Waals surface area contributed by atoms with Crippen LogP contribution in [0.1, 0.15) is 65.2 Å². The summed E-state index contributed by atoms with van der Waals surface area (Å²) in [6, 6.07) is 18.0. The van der Waals surface area contributed by atoms with Crippen molar-refractivity contribution in [3.8, 4) is 11.4 Å². The minimum Gasteiger partial charge on any atom is -1.00 e. The molecule has 4 nitrogen and oxygen atoms in total. The SMILES string of the molecule is CCCCCCn1cc[n+](-c2cccc3cc4cccc(-[n+]5ccn(CCCCCC)c5)c4cc23)c1.[I-].[I-]. The summed E-state index contributed by atoms with van der Waals surface area (Å²) in [7, 11) is 0. The van der Waals surface area contributed by atoms with E-state index in [0.29, 0.717) is 0 Å². The number of hydrogen-bond donors (Lipinski definition) is 0. The van der Waals surface area contributed by atoms with Crippen LogP contribution in [0.3, 0.4) is 0 Å². The molecule has 5 rings (SSSR count). The molecule has 0 saturated heterocycles. The monoisotopic (exact) mass is 734 g/mol. The Balaban J connectivity index is 0.00000200. The second kappa shape index (κ2) is 15.0. The molecule has 0 spiro atoms. The molecule has 38 heavy (non-hydrogen) atoms. The molecule has 0 radical (unpaired) electrons. The summed E-state index contributed by atoms with van der Waals surface area (Å²) >= 11 is 0. The second-order valence-electron chi connectivity index (χ2n) is 10.1. The molecule has 0 unspecified atom stereocenters. The van der Waals surface area contributed by atoms with Gasteiger partial charge in [-0.15, -0.1) is 0 Å². The number of fused-ring (bicyclic) bond motifs is 2. The predicted octanol–water partition coefficient (Wildman–Crippen LogP) is 1.32. The first kappa shape index (κ1) is 30.6. The molecule has 0 atom stereocenters. The first-order valence-corrected chi connectivity index (χ1v) is 13.9. The standard InChI is InChI=1S/C32H40N4.2HI/c1-3-5-7-9-17-33-19-21-35(25-33)31-15-11-13-27-23-28-14-12-16-32(30(28)24-29(27)31)36-22-20-34(26-36)18-10-8-6-4-2;;/h11-16,19-26H,3-10,17-18H2,1-2H3;2*1H/q+2;;/p-2. The number of aromatic nitrogens is 4. The largest absolute Gasteiger partial charge is 1.00 e. The highest BCUT2D eigenvalue weighted by atomic mass is 127. The van der Waals surface area contributed by atoms with Gasteiger partial charge in [-0.3, -0.25) is 0 Å². The maximum atomic E-state index is 2.38. The van der Waals surface area contributed by atoms with E-state index in [1.807, 2.05) is 0 Å². The number of hydrogen-bond acceptors (Lipinski definition) is 0. The second-order valence-corrected chi connectivity index (χ2v) is 10.1. The molecular weight excluding hydrogens is 694 g/mol. The zero-order valence-electron chi connectivity index (χ0n) is 22.7. The van der Waals surface area contributed by atoms with Crippen molar-refractivity contribution >= 4 is 21.5 Å². The third-order valence-electron chi connectivity index (χ3n) is 7.31. The van der Waals surface area contributed by atoms with E-state index in [1.165, 1.54) is 84.3 Å². The predicted molar refractivity (Wildman–Crippen MR) is 149 cm³/mol. The van der Waals surface area contributed by atoms with Gasteiger partial charge in [0.25, 0.3) is 0 Å². The molecule has 202 valence electrons. The van der Waals surface area contributed by atoms with Crippen molar-refractivity contribution in [3.63, 3.8) is 0 Å². The van der Waals surface area contributed by atoms with Gasteiger partial charge in [-0.25, -0.2) is 18.3 Å². The maximum Gasteiger partial charge on any atom is 0.248 e. The fourth-order valence-electron chi connectivity index (χ4n) is 5.25. The summed E-state index contributed by atoms with van der Waals surface area (Å²) in [6.07, 6.45) is 23.5. The van der Waals surface area contributed by atoms with Gasteiger partial charge in [-0.2, -0.15) is 0 Å². The molecule has 0 aliphatic carbocycles. The molecule has 0 aliphatic rings. The minimum absolute atomic E-state index is 0. The van der Waals surface area contributed by atoms with Crippen LogP contribution in [0.2, 0.25) is 0 Å². The van der Waals surface area contributed by atoms with Crippen LogP contribution >= 0.6 is 0 Å². The van der Waals surface area contributed by atoms with Crippen molar-refractivity contribution in [3.05, 3.63) is 86.0 Å². The lowest BCUT2D eigenvalue weighted by Gasteiger charge is -2.08. The first-order chi connectivity index (χ1) is 17.8. The van der Waals surface area contributed by atoms with Gasteiger partial charge in [0, 0.05) is 10.8 Å². The quantitative estimate of drug-likeness (QED) is 0.0798. The Labute approximate surface area is 261 Å². The Bertz CT molecular complexity index is 1330. The van der Waals surface area contributed by atoms with Crippen molar-refractivity contribution in [2.24, 2.45) is 0 Å². The summed E-state index contributed by atoms with van der Waals surface area (Å²) in [6.45, 7) is 6.69. The Kier molecular flexibility index (Phi) is 12.1. The zero-order chi connectivity index (χ0) is 24.7. The lowest BCUT2D eigenvalue weighted by atomic mass is 10.0. The molecule has 5 aromatic rings. The van der Waals surface area contributed by atoms with Gasteiger partial charge in [-0.05, 0) is 60.7 Å². The molecule has 2 aromatic heterocycles. The van der Waals surface area contributed by atoms with Gasteiger partial charge in [0.05, 0.1) is 13.1 Å². The van der Waals surface area contributed by atoms with Crippen LogP contribution in [0.25, 0.3) is 32.9 Å². The van der Waals surface area contributed by atoms with Crippen LogP contribution in [-0.2, 0) is 13.1 Å². The van der Waals surface area contributed by atoms with Crippen LogP contribution < -0.4 is 57.1 Å². The lowest BCUT2D eigenvalue weighted by molar-refractivity contribution is -0.593. The molecule has 0 amide bonds. The molecule has 0 N–H and O–H groups in total. The normalized spacial score (nSPS) is 11.0. The van der Waals surface area contributed by atoms with Gasteiger partial charge < -0.3 is 48.0 Å². The molecular formula is C32H40I2N4. The van der Waals surface area contributed by atoms with Gasteiger partial charge in [0.2, 0.25) is 12.7 Å². The summed E-state index contributed by atoms with van der Waals surface area (Å²) in [5, 5.41) is 5.12. The molecule has 3 aromatic carbocycles. The molecule has 0 saturated carbocycles. The number of nitrogens with zero attached hydrogens (tertiary/aromatic N) is 4. The van der Waals surface area contributed by atoms with E-state index in [-0.39, 0.29) is 48.0 Å². The third-order valence-corrected chi connectivity index (χ3v) is 7.31. The van der Waals surface area contributed by atoms with Crippen LogP contribution in [0.5, 0.6) is 0 Å². The highest BCUT2D eigenvalue weighted by Crippen LogP contribution is 2.28. The van der Waals surface area contributed by atoms with Crippen LogP contribution in [0.15, 0.2) is 86.0 Å². The van der Waals surface area contributed by atoms with Crippen LogP contribution in [0, 0.1) is 0 Å². The summed E-state index contributed by atoms with van der Waals surface area (Å²) in [5.74, 6) is 0. The number of unbranched alkanes of at least 4 members (excludes halogenated alkanes) is 6. The molecule has 0 bridgehead atoms.